The number of carbonyl (C=O) groups excluding carboxylic acids is 8. The van der Waals surface area contributed by atoms with Gasteiger partial charge < -0.3 is 87.9 Å². The van der Waals surface area contributed by atoms with Crippen molar-refractivity contribution in [2.24, 2.45) is 15.9 Å². The highest BCUT2D eigenvalue weighted by molar-refractivity contribution is 6.13. The lowest BCUT2D eigenvalue weighted by molar-refractivity contribution is -0.137. The number of hydrogen-bond acceptors (Lipinski definition) is 22. The van der Waals surface area contributed by atoms with E-state index < -0.39 is 35.7 Å². The number of fused-ring (bicyclic) bond motifs is 4. The molecule has 8 rings (SSSR count). The fourth-order valence-electron chi connectivity index (χ4n) is 11.1. The quantitative estimate of drug-likeness (QED) is 0.0315. The van der Waals surface area contributed by atoms with E-state index in [-0.39, 0.29) is 74.2 Å². The second-order valence-corrected chi connectivity index (χ2v) is 24.4. The molecule has 8 amide bonds. The number of methoxy groups -OCH3 is 2. The largest absolute Gasteiger partial charge is 0.493 e. The van der Waals surface area contributed by atoms with Gasteiger partial charge in [-0.2, -0.15) is 0 Å². The van der Waals surface area contributed by atoms with Crippen molar-refractivity contribution in [2.75, 3.05) is 158 Å². The molecule has 0 saturated carbocycles. The predicted molar refractivity (Wildman–Crippen MR) is 372 cm³/mol. The molecule has 5 heterocycles. The first-order chi connectivity index (χ1) is 49.0. The molecular weight excluding hydrogens is 1310 g/mol. The van der Waals surface area contributed by atoms with E-state index in [1.807, 2.05) is 18.3 Å². The molecule has 0 bridgehead atoms. The Morgan fingerprint density at radius 2 is 1.06 bits per heavy atom. The maximum Gasteiger partial charge on any atom is 0.260 e. The lowest BCUT2D eigenvalue weighted by Crippen LogP contribution is -2.53. The number of anilines is 1. The lowest BCUT2D eigenvalue weighted by atomic mass is 10.0. The zero-order valence-electron chi connectivity index (χ0n) is 58.3. The minimum Gasteiger partial charge on any atom is -0.493 e. The van der Waals surface area contributed by atoms with Gasteiger partial charge in [-0.15, -0.1) is 0 Å². The maximum atomic E-state index is 14.1. The molecule has 1 saturated heterocycles. The standard InChI is InChI=1S/C72H95N9O20/c1-48(2)68(78-65(83)17-22-92-24-26-94-28-30-96-32-34-98-36-37-99-35-33-97-31-29-95-27-25-93-23-18-73-64(82)16-19-79-66(84)14-15-67(79)85)70(87)76-50(4)69(86)77-53-12-10-51(11-13-53)52-39-55-45-75-59-43-63(61(91-6)41-57(59)72(89)81(55)47-52)101-21-9-7-8-20-100-62-42-58-56(40-60(62)90-5)71(88)80-46-49(3)38-54(80)44-74-58/h10-15,40-45,47-48,50,54-55,68H,3,7-9,16-39,46H2,1-2,4-6H3,(H,73,82)(H,76,87)(H,77,86)(H,78,83)/t50-,54-,55-,68-/m0/s1. The summed E-state index contributed by atoms with van der Waals surface area (Å²) in [6, 6.07) is 11.8. The van der Waals surface area contributed by atoms with Crippen LogP contribution in [0.5, 0.6) is 23.0 Å². The third kappa shape index (κ3) is 24.1. The summed E-state index contributed by atoms with van der Waals surface area (Å²) in [6.07, 6.45) is 11.2. The molecule has 29 nitrogen and oxygen atoms in total. The van der Waals surface area contributed by atoms with Crippen LogP contribution in [-0.2, 0) is 66.7 Å². The molecule has 0 unspecified atom stereocenters. The first kappa shape index (κ1) is 77.8. The van der Waals surface area contributed by atoms with Gasteiger partial charge in [-0.3, -0.25) is 53.2 Å². The Labute approximate surface area is 588 Å². The topological polar surface area (TPSA) is 330 Å². The summed E-state index contributed by atoms with van der Waals surface area (Å²) in [4.78, 5) is 116. The number of amides is 8. The Balaban J connectivity index is 0.613. The molecule has 0 radical (unpaired) electrons. The van der Waals surface area contributed by atoms with Crippen LogP contribution in [-0.4, -0.2) is 251 Å². The van der Waals surface area contributed by atoms with E-state index >= 15 is 0 Å². The summed E-state index contributed by atoms with van der Waals surface area (Å²) in [5, 5.41) is 11.0. The van der Waals surface area contributed by atoms with Gasteiger partial charge in [-0.25, -0.2) is 0 Å². The Kier molecular flexibility index (Phi) is 31.7. The Morgan fingerprint density at radius 3 is 1.58 bits per heavy atom. The van der Waals surface area contributed by atoms with Gasteiger partial charge in [-0.05, 0) is 73.9 Å². The zero-order valence-corrected chi connectivity index (χ0v) is 58.3. The molecule has 0 spiro atoms. The number of nitrogens with one attached hydrogen (secondary N) is 4. The number of hydrogen-bond donors (Lipinski definition) is 4. The highest BCUT2D eigenvalue weighted by atomic mass is 16.6. The van der Waals surface area contributed by atoms with E-state index in [2.05, 4.69) is 32.8 Å². The number of aliphatic imine (C=N–C) groups is 2. The predicted octanol–water partition coefficient (Wildman–Crippen LogP) is 5.33. The Hall–Kier alpha value is -8.94. The van der Waals surface area contributed by atoms with E-state index in [1.54, 1.807) is 86.5 Å². The molecule has 3 aromatic rings. The molecule has 548 valence electrons. The van der Waals surface area contributed by atoms with Gasteiger partial charge in [0.2, 0.25) is 23.6 Å². The Bertz CT molecular complexity index is 3430. The number of ether oxygens (including phenoxy) is 12. The van der Waals surface area contributed by atoms with Crippen molar-refractivity contribution >= 4 is 82.3 Å². The molecule has 0 aromatic heterocycles. The zero-order chi connectivity index (χ0) is 71.9. The normalized spacial score (nSPS) is 16.5. The van der Waals surface area contributed by atoms with Gasteiger partial charge in [0.05, 0.1) is 168 Å². The molecule has 5 aliphatic rings. The molecule has 0 aliphatic carbocycles. The fourth-order valence-corrected chi connectivity index (χ4v) is 11.1. The van der Waals surface area contributed by atoms with Crippen molar-refractivity contribution in [1.82, 2.24) is 30.7 Å². The summed E-state index contributed by atoms with van der Waals surface area (Å²) in [5.41, 5.74) is 5.11. The Morgan fingerprint density at radius 1 is 0.554 bits per heavy atom. The number of nitrogens with zero attached hydrogens (tertiary/aromatic N) is 5. The summed E-state index contributed by atoms with van der Waals surface area (Å²) in [7, 11) is 3.07. The number of rotatable bonds is 47. The molecular formula is C72H95N9O20. The van der Waals surface area contributed by atoms with Gasteiger partial charge >= 0.3 is 0 Å². The third-order valence-corrected chi connectivity index (χ3v) is 16.6. The molecule has 3 aromatic carbocycles. The van der Waals surface area contributed by atoms with Crippen molar-refractivity contribution in [1.29, 1.82) is 0 Å². The number of imide groups is 1. The van der Waals surface area contributed by atoms with Crippen molar-refractivity contribution in [3.63, 3.8) is 0 Å². The van der Waals surface area contributed by atoms with Crippen LogP contribution in [0.2, 0.25) is 0 Å². The smallest absolute Gasteiger partial charge is 0.260 e. The van der Waals surface area contributed by atoms with Gasteiger partial charge in [0.25, 0.3) is 23.6 Å². The molecule has 4 atom stereocenters. The minimum atomic E-state index is -0.935. The van der Waals surface area contributed by atoms with E-state index in [9.17, 15) is 38.4 Å². The molecule has 101 heavy (non-hydrogen) atoms. The number of unbranched alkanes of at least 4 members (excludes halogenated alkanes) is 2. The van der Waals surface area contributed by atoms with Crippen molar-refractivity contribution < 1.29 is 95.2 Å². The first-order valence-corrected chi connectivity index (χ1v) is 34.2. The van der Waals surface area contributed by atoms with Gasteiger partial charge in [-0.1, -0.05) is 38.1 Å². The van der Waals surface area contributed by atoms with Crippen LogP contribution < -0.4 is 40.2 Å². The van der Waals surface area contributed by atoms with Crippen LogP contribution in [0.15, 0.2) is 89.0 Å². The van der Waals surface area contributed by atoms with Gasteiger partial charge in [0, 0.05) is 87.5 Å². The highest BCUT2D eigenvalue weighted by Gasteiger charge is 2.36. The fraction of sp³-hybridized carbons (Fsp3) is 0.528. The van der Waals surface area contributed by atoms with Crippen LogP contribution in [0.1, 0.15) is 92.0 Å². The van der Waals surface area contributed by atoms with Gasteiger partial charge in [0.15, 0.2) is 23.0 Å². The molecule has 5 aliphatic heterocycles. The summed E-state index contributed by atoms with van der Waals surface area (Å²) >= 11 is 0. The van der Waals surface area contributed by atoms with Crippen molar-refractivity contribution in [2.45, 2.75) is 89.9 Å². The van der Waals surface area contributed by atoms with E-state index in [4.69, 9.17) is 61.8 Å². The average molecular weight is 1410 g/mol. The second-order valence-electron chi connectivity index (χ2n) is 24.4. The summed E-state index contributed by atoms with van der Waals surface area (Å²) in [6.45, 7) is 16.5. The summed E-state index contributed by atoms with van der Waals surface area (Å²) < 4.78 is 67.6. The van der Waals surface area contributed by atoms with Crippen LogP contribution >= 0.6 is 0 Å². The SMILES string of the molecule is C=C1C[C@H]2C=Nc3cc(OCCCCCOc4cc5c(cc4OC)C(=O)N4C=C(c6ccc(NC(=O)[C@H](C)NC(=O)[C@@H](NC(=O)CCOCCOCCOCCOCCOCCOCCOCCOCCNC(=O)CCN7C(=O)C=CC7=O)C(C)C)cc6)C[C@H]4C=N5)c(OC)cc3C(=O)N2C1. The van der Waals surface area contributed by atoms with Gasteiger partial charge in [0.1, 0.15) is 12.1 Å². The van der Waals surface area contributed by atoms with E-state index in [1.165, 1.54) is 19.3 Å². The van der Waals surface area contributed by atoms with Crippen LogP contribution in [0.3, 0.4) is 0 Å². The summed E-state index contributed by atoms with van der Waals surface area (Å²) in [5.74, 6) is -1.20. The van der Waals surface area contributed by atoms with E-state index in [0.29, 0.717) is 183 Å². The minimum absolute atomic E-state index is 0.0160. The molecule has 4 N–H and O–H groups in total. The average Bonchev–Trinajstić information content (AvgIpc) is 1.66. The van der Waals surface area contributed by atoms with E-state index in [0.717, 1.165) is 40.9 Å². The van der Waals surface area contributed by atoms with Crippen molar-refractivity contribution in [3.05, 3.63) is 95.7 Å². The first-order valence-electron chi connectivity index (χ1n) is 34.2. The second kappa shape index (κ2) is 41.1. The molecule has 29 heteroatoms. The number of benzene rings is 3. The lowest BCUT2D eigenvalue weighted by Gasteiger charge is -2.24. The molecule has 1 fully saturated rings. The number of carbonyl (C=O) groups is 8. The third-order valence-electron chi connectivity index (χ3n) is 16.6. The van der Waals surface area contributed by atoms with Crippen LogP contribution in [0.25, 0.3) is 5.57 Å². The maximum absolute atomic E-state index is 14.1. The monoisotopic (exact) mass is 1410 g/mol. The highest BCUT2D eigenvalue weighted by Crippen LogP contribution is 2.41. The van der Waals surface area contributed by atoms with Crippen LogP contribution in [0, 0.1) is 5.92 Å². The van der Waals surface area contributed by atoms with Crippen LogP contribution in [0.4, 0.5) is 17.1 Å². The van der Waals surface area contributed by atoms with Crippen molar-refractivity contribution in [3.8, 4) is 23.0 Å².